The fourth-order valence-corrected chi connectivity index (χ4v) is 2.75. The second-order valence-electron chi connectivity index (χ2n) is 7.92. The van der Waals surface area contributed by atoms with Crippen molar-refractivity contribution < 1.29 is 29.1 Å². The summed E-state index contributed by atoms with van der Waals surface area (Å²) in [5.41, 5.74) is 21.5. The average Bonchev–Trinajstić information content (AvgIpc) is 2.70. The van der Waals surface area contributed by atoms with Crippen LogP contribution in [0.2, 0.25) is 0 Å². The van der Waals surface area contributed by atoms with Crippen LogP contribution in [0.4, 0.5) is 0 Å². The molecule has 14 nitrogen and oxygen atoms in total. The highest BCUT2D eigenvalue weighted by molar-refractivity contribution is 5.93. The van der Waals surface area contributed by atoms with Crippen molar-refractivity contribution in [3.8, 4) is 0 Å². The van der Waals surface area contributed by atoms with Crippen LogP contribution < -0.4 is 38.9 Å². The number of nitrogens with one attached hydrogen (secondary N) is 3. The first kappa shape index (κ1) is 29.6. The molecular weight excluding hydrogens is 436 g/mol. The molecule has 14 heteroatoms. The minimum absolute atomic E-state index is 0.00375. The molecule has 0 saturated heterocycles. The van der Waals surface area contributed by atoms with Crippen molar-refractivity contribution in [1.82, 2.24) is 16.0 Å². The predicted octanol–water partition coefficient (Wildman–Crippen LogP) is -3.15. The molecule has 0 aromatic rings. The van der Waals surface area contributed by atoms with Gasteiger partial charge in [0.25, 0.3) is 0 Å². The highest BCUT2D eigenvalue weighted by Gasteiger charge is 2.29. The van der Waals surface area contributed by atoms with Gasteiger partial charge in [-0.05, 0) is 31.6 Å². The fourth-order valence-electron chi connectivity index (χ4n) is 2.75. The van der Waals surface area contributed by atoms with Crippen LogP contribution in [-0.4, -0.2) is 71.9 Å². The normalized spacial score (nSPS) is 13.3. The topological polar surface area (TPSA) is 258 Å². The van der Waals surface area contributed by atoms with E-state index in [0.717, 1.165) is 0 Å². The molecule has 33 heavy (non-hydrogen) atoms. The van der Waals surface area contributed by atoms with E-state index in [1.807, 2.05) is 13.8 Å². The largest absolute Gasteiger partial charge is 0.480 e. The maximum absolute atomic E-state index is 12.8. The van der Waals surface area contributed by atoms with Crippen molar-refractivity contribution in [3.05, 3.63) is 0 Å². The third kappa shape index (κ3) is 14.3. The van der Waals surface area contributed by atoms with Gasteiger partial charge in [-0.15, -0.1) is 0 Å². The van der Waals surface area contributed by atoms with Gasteiger partial charge in [-0.1, -0.05) is 13.8 Å². The van der Waals surface area contributed by atoms with Crippen LogP contribution in [0.5, 0.6) is 0 Å². The van der Waals surface area contributed by atoms with Crippen LogP contribution in [-0.2, 0) is 24.0 Å². The van der Waals surface area contributed by atoms with E-state index in [0.29, 0.717) is 13.0 Å². The second-order valence-corrected chi connectivity index (χ2v) is 7.92. The summed E-state index contributed by atoms with van der Waals surface area (Å²) < 4.78 is 0. The summed E-state index contributed by atoms with van der Waals surface area (Å²) in [6.07, 6.45) is 0.619. The molecule has 12 N–H and O–H groups in total. The Morgan fingerprint density at radius 1 is 0.909 bits per heavy atom. The number of carboxylic acids is 1. The van der Waals surface area contributed by atoms with Gasteiger partial charge in [0.1, 0.15) is 18.6 Å². The number of hydrogen-bond acceptors (Lipinski definition) is 7. The van der Waals surface area contributed by atoms with E-state index >= 15 is 0 Å². The van der Waals surface area contributed by atoms with Gasteiger partial charge in [0.2, 0.25) is 23.6 Å². The molecule has 0 rings (SSSR count). The molecule has 0 aliphatic heterocycles. The van der Waals surface area contributed by atoms with Crippen LogP contribution in [0.3, 0.4) is 0 Å². The van der Waals surface area contributed by atoms with Gasteiger partial charge in [-0.3, -0.25) is 29.0 Å². The average molecular weight is 473 g/mol. The van der Waals surface area contributed by atoms with Crippen molar-refractivity contribution in [2.75, 3.05) is 13.1 Å². The minimum atomic E-state index is -1.28. The predicted molar refractivity (Wildman–Crippen MR) is 120 cm³/mol. The monoisotopic (exact) mass is 472 g/mol. The molecule has 4 amide bonds. The highest BCUT2D eigenvalue weighted by Crippen LogP contribution is 2.08. The lowest BCUT2D eigenvalue weighted by Crippen LogP contribution is -2.56. The molecule has 0 aliphatic rings. The van der Waals surface area contributed by atoms with Crippen molar-refractivity contribution >= 4 is 35.6 Å². The summed E-state index contributed by atoms with van der Waals surface area (Å²) in [5, 5.41) is 15.9. The number of carboxylic acid groups (broad SMARTS) is 1. The number of carbonyl (C=O) groups excluding carboxylic acids is 4. The molecule has 0 heterocycles. The van der Waals surface area contributed by atoms with Gasteiger partial charge in [-0.25, -0.2) is 0 Å². The van der Waals surface area contributed by atoms with E-state index in [1.54, 1.807) is 0 Å². The quantitative estimate of drug-likeness (QED) is 0.0639. The van der Waals surface area contributed by atoms with Crippen molar-refractivity contribution in [3.63, 3.8) is 0 Å². The third-order valence-electron chi connectivity index (χ3n) is 4.37. The number of nitrogens with zero attached hydrogens (tertiary/aromatic N) is 1. The minimum Gasteiger partial charge on any atom is -0.480 e. The lowest BCUT2D eigenvalue weighted by molar-refractivity contribution is -0.138. The van der Waals surface area contributed by atoms with Crippen LogP contribution in [0.25, 0.3) is 0 Å². The molecular formula is C19H36N8O6. The van der Waals surface area contributed by atoms with E-state index in [9.17, 15) is 24.0 Å². The van der Waals surface area contributed by atoms with E-state index < -0.39 is 54.3 Å². The summed E-state index contributed by atoms with van der Waals surface area (Å²) in [5.74, 6) is -4.07. The first-order valence-electron chi connectivity index (χ1n) is 10.5. The van der Waals surface area contributed by atoms with Gasteiger partial charge >= 0.3 is 5.97 Å². The Morgan fingerprint density at radius 3 is 2.03 bits per heavy atom. The summed E-state index contributed by atoms with van der Waals surface area (Å²) >= 11 is 0. The molecule has 0 saturated carbocycles. The summed E-state index contributed by atoms with van der Waals surface area (Å²) in [4.78, 5) is 63.2. The Bertz CT molecular complexity index is 723. The Labute approximate surface area is 192 Å². The van der Waals surface area contributed by atoms with E-state index in [2.05, 4.69) is 20.9 Å². The Morgan fingerprint density at radius 2 is 1.52 bits per heavy atom. The number of aliphatic carboxylic acids is 1. The standard InChI is InChI=1S/C19H36N8O6/c1-10(2)8-13(27-16(31)11(20)4-3-7-24-19(22)23)18(33)26-12(5-6-14(21)28)17(32)25-9-15(29)30/h10-13H,3-9,20H2,1-2H3,(H2,21,28)(H,25,32)(H,26,33)(H,27,31)(H,29,30)(H4,22,23,24). The van der Waals surface area contributed by atoms with E-state index in [-0.39, 0.29) is 37.6 Å². The van der Waals surface area contributed by atoms with Crippen LogP contribution in [0.1, 0.15) is 46.0 Å². The molecule has 3 atom stereocenters. The van der Waals surface area contributed by atoms with Crippen LogP contribution in [0.15, 0.2) is 4.99 Å². The van der Waals surface area contributed by atoms with Gasteiger partial charge in [0.15, 0.2) is 5.96 Å². The van der Waals surface area contributed by atoms with Crippen molar-refractivity contribution in [1.29, 1.82) is 0 Å². The Hall–Kier alpha value is -3.42. The second kappa shape index (κ2) is 15.4. The first-order chi connectivity index (χ1) is 15.3. The first-order valence-corrected chi connectivity index (χ1v) is 10.5. The molecule has 0 bridgehead atoms. The third-order valence-corrected chi connectivity index (χ3v) is 4.37. The number of aliphatic imine (C=N–C) groups is 1. The summed E-state index contributed by atoms with van der Waals surface area (Å²) in [6.45, 7) is 3.31. The molecule has 0 aromatic carbocycles. The Balaban J connectivity index is 5.20. The zero-order valence-electron chi connectivity index (χ0n) is 19.0. The maximum atomic E-state index is 12.8. The van der Waals surface area contributed by atoms with Gasteiger partial charge in [-0.2, -0.15) is 0 Å². The number of rotatable bonds is 16. The number of hydrogen-bond donors (Lipinski definition) is 8. The molecule has 0 aromatic heterocycles. The van der Waals surface area contributed by atoms with Gasteiger partial charge < -0.3 is 44.0 Å². The number of primary amides is 1. The van der Waals surface area contributed by atoms with Crippen molar-refractivity contribution in [2.45, 2.75) is 64.1 Å². The Kier molecular flexibility index (Phi) is 13.8. The molecule has 0 aliphatic carbocycles. The van der Waals surface area contributed by atoms with Crippen LogP contribution in [0, 0.1) is 5.92 Å². The zero-order valence-corrected chi connectivity index (χ0v) is 19.0. The molecule has 188 valence electrons. The molecule has 0 spiro atoms. The maximum Gasteiger partial charge on any atom is 0.322 e. The van der Waals surface area contributed by atoms with Gasteiger partial charge in [0, 0.05) is 13.0 Å². The van der Waals surface area contributed by atoms with Crippen LogP contribution >= 0.6 is 0 Å². The molecule has 0 fully saturated rings. The highest BCUT2D eigenvalue weighted by atomic mass is 16.4. The van der Waals surface area contributed by atoms with Gasteiger partial charge in [0.05, 0.1) is 6.04 Å². The van der Waals surface area contributed by atoms with E-state index in [1.165, 1.54) is 0 Å². The smallest absolute Gasteiger partial charge is 0.322 e. The lowest BCUT2D eigenvalue weighted by Gasteiger charge is -2.25. The fraction of sp³-hybridized carbons (Fsp3) is 0.684. The lowest BCUT2D eigenvalue weighted by atomic mass is 10.0. The number of carbonyl (C=O) groups is 5. The number of guanidine groups is 1. The molecule has 0 radical (unpaired) electrons. The van der Waals surface area contributed by atoms with Crippen molar-refractivity contribution in [2.24, 2.45) is 33.8 Å². The summed E-state index contributed by atoms with van der Waals surface area (Å²) in [7, 11) is 0. The van der Waals surface area contributed by atoms with E-state index in [4.69, 9.17) is 28.0 Å². The SMILES string of the molecule is CC(C)CC(NC(=O)C(N)CCCN=C(N)N)C(=O)NC(CCC(N)=O)C(=O)NCC(=O)O. The summed E-state index contributed by atoms with van der Waals surface area (Å²) in [6, 6.07) is -3.14. The number of amides is 4. The molecule has 3 unspecified atom stereocenters. The number of nitrogens with two attached hydrogens (primary N) is 4. The zero-order chi connectivity index (χ0) is 25.6.